The number of aromatic hydroxyl groups is 1. The molecule has 1 aromatic heterocycles. The van der Waals surface area contributed by atoms with E-state index in [0.29, 0.717) is 11.5 Å². The summed E-state index contributed by atoms with van der Waals surface area (Å²) in [4.78, 5) is 15.7. The fraction of sp³-hybridized carbons (Fsp3) is 0.118. The molecule has 9 heteroatoms. The van der Waals surface area contributed by atoms with E-state index in [1.165, 1.54) is 19.1 Å². The first-order valence-corrected chi connectivity index (χ1v) is 9.20. The molecule has 8 nitrogen and oxygen atoms in total. The summed E-state index contributed by atoms with van der Waals surface area (Å²) in [5.41, 5.74) is -0.562. The van der Waals surface area contributed by atoms with Crippen LogP contribution < -0.4 is 15.1 Å². The van der Waals surface area contributed by atoms with Crippen LogP contribution in [0.25, 0.3) is 0 Å². The Kier molecular flexibility index (Phi) is 4.83. The van der Waals surface area contributed by atoms with Gasteiger partial charge in [-0.3, -0.25) is 4.98 Å². The smallest absolute Gasteiger partial charge is 0.326 e. The highest BCUT2D eigenvalue weighted by molar-refractivity contribution is 7.89. The maximum absolute atomic E-state index is 12.5. The summed E-state index contributed by atoms with van der Waals surface area (Å²) in [6.07, 6.45) is 0. The second-order valence-corrected chi connectivity index (χ2v) is 7.28. The molecule has 1 heterocycles. The number of aromatic amines is 2. The summed E-state index contributed by atoms with van der Waals surface area (Å²) in [5.74, 6) is 0.731. The Balaban J connectivity index is 1.75. The van der Waals surface area contributed by atoms with Crippen LogP contribution in [0.4, 0.5) is 0 Å². The van der Waals surface area contributed by atoms with E-state index in [1.54, 1.807) is 24.3 Å². The lowest BCUT2D eigenvalue weighted by molar-refractivity contribution is 0.441. The zero-order chi connectivity index (χ0) is 18.7. The predicted molar refractivity (Wildman–Crippen MR) is 94.8 cm³/mol. The summed E-state index contributed by atoms with van der Waals surface area (Å²) < 4.78 is 33.0. The molecule has 0 aliphatic carbocycles. The van der Waals surface area contributed by atoms with Crippen LogP contribution in [0.3, 0.4) is 0 Å². The number of ether oxygens (including phenoxy) is 1. The molecule has 1 atom stereocenters. The van der Waals surface area contributed by atoms with Crippen LogP contribution in [0.5, 0.6) is 17.4 Å². The number of sulfonamides is 1. The standard InChI is InChI=1S/C17H17N3O5S/c1-11(15-16(21)19-17(22)18-15)20-26(23,24)14-9-7-13(8-10-14)25-12-5-3-2-4-6-12/h2-11,20-21H,1H3,(H2,18,19,22)/t11-/m1/s1. The Morgan fingerprint density at radius 2 is 1.62 bits per heavy atom. The molecule has 0 amide bonds. The average molecular weight is 375 g/mol. The molecule has 0 aliphatic heterocycles. The molecule has 3 rings (SSSR count). The zero-order valence-electron chi connectivity index (χ0n) is 13.8. The van der Waals surface area contributed by atoms with Crippen LogP contribution >= 0.6 is 0 Å². The Labute approximate surface area is 149 Å². The van der Waals surface area contributed by atoms with E-state index in [1.807, 2.05) is 18.2 Å². The Morgan fingerprint density at radius 3 is 2.19 bits per heavy atom. The Morgan fingerprint density at radius 1 is 1.00 bits per heavy atom. The maximum atomic E-state index is 12.5. The molecule has 0 spiro atoms. The quantitative estimate of drug-likeness (QED) is 0.526. The highest BCUT2D eigenvalue weighted by Gasteiger charge is 2.22. The largest absolute Gasteiger partial charge is 0.493 e. The lowest BCUT2D eigenvalue weighted by Gasteiger charge is -2.13. The molecule has 0 radical (unpaired) electrons. The van der Waals surface area contributed by atoms with Crippen LogP contribution in [-0.2, 0) is 10.0 Å². The van der Waals surface area contributed by atoms with Crippen LogP contribution in [0.1, 0.15) is 18.7 Å². The van der Waals surface area contributed by atoms with Crippen molar-refractivity contribution in [2.75, 3.05) is 0 Å². The highest BCUT2D eigenvalue weighted by Crippen LogP contribution is 2.24. The lowest BCUT2D eigenvalue weighted by Crippen LogP contribution is -2.27. The normalized spacial score (nSPS) is 12.7. The van der Waals surface area contributed by atoms with Crippen molar-refractivity contribution in [1.29, 1.82) is 0 Å². The second-order valence-electron chi connectivity index (χ2n) is 5.57. The number of imidazole rings is 1. The zero-order valence-corrected chi connectivity index (χ0v) is 14.6. The summed E-state index contributed by atoms with van der Waals surface area (Å²) in [6.45, 7) is 1.50. The van der Waals surface area contributed by atoms with Gasteiger partial charge in [0.05, 0.1) is 16.6 Å². The summed E-state index contributed by atoms with van der Waals surface area (Å²) >= 11 is 0. The predicted octanol–water partition coefficient (Wildman–Crippen LogP) is 2.24. The van der Waals surface area contributed by atoms with Gasteiger partial charge in [-0.2, -0.15) is 0 Å². The molecule has 2 aromatic carbocycles. The minimum Gasteiger partial charge on any atom is -0.493 e. The average Bonchev–Trinajstić information content (AvgIpc) is 2.94. The molecule has 0 saturated heterocycles. The van der Waals surface area contributed by atoms with Crippen molar-refractivity contribution in [1.82, 2.24) is 14.7 Å². The molecule has 4 N–H and O–H groups in total. The SMILES string of the molecule is C[C@@H](NS(=O)(=O)c1ccc(Oc2ccccc2)cc1)c1[nH]c(=O)[nH]c1O. The molecule has 0 saturated carbocycles. The minimum atomic E-state index is -3.86. The van der Waals surface area contributed by atoms with Gasteiger partial charge in [-0.25, -0.2) is 17.9 Å². The van der Waals surface area contributed by atoms with Gasteiger partial charge in [0, 0.05) is 0 Å². The monoisotopic (exact) mass is 375 g/mol. The summed E-state index contributed by atoms with van der Waals surface area (Å²) in [6, 6.07) is 14.2. The molecule has 26 heavy (non-hydrogen) atoms. The van der Waals surface area contributed by atoms with Crippen molar-refractivity contribution in [3.63, 3.8) is 0 Å². The van der Waals surface area contributed by atoms with Crippen LogP contribution in [-0.4, -0.2) is 23.5 Å². The lowest BCUT2D eigenvalue weighted by atomic mass is 10.3. The topological polar surface area (TPSA) is 124 Å². The van der Waals surface area contributed by atoms with Gasteiger partial charge in [0.15, 0.2) is 0 Å². The van der Waals surface area contributed by atoms with Gasteiger partial charge in [-0.05, 0) is 43.3 Å². The fourth-order valence-corrected chi connectivity index (χ4v) is 3.59. The van der Waals surface area contributed by atoms with Gasteiger partial charge in [-0.1, -0.05) is 18.2 Å². The van der Waals surface area contributed by atoms with E-state index < -0.39 is 27.6 Å². The number of rotatable bonds is 6. The summed E-state index contributed by atoms with van der Waals surface area (Å²) in [7, 11) is -3.86. The van der Waals surface area contributed by atoms with Gasteiger partial charge in [0.25, 0.3) is 0 Å². The third-order valence-corrected chi connectivity index (χ3v) is 5.17. The highest BCUT2D eigenvalue weighted by atomic mass is 32.2. The van der Waals surface area contributed by atoms with E-state index in [4.69, 9.17) is 4.74 Å². The first-order valence-electron chi connectivity index (χ1n) is 7.71. The van der Waals surface area contributed by atoms with E-state index in [9.17, 15) is 18.3 Å². The molecule has 0 bridgehead atoms. The third-order valence-electron chi connectivity index (χ3n) is 3.61. The number of hydrogen-bond donors (Lipinski definition) is 4. The third kappa shape index (κ3) is 3.95. The van der Waals surface area contributed by atoms with Crippen LogP contribution in [0.2, 0.25) is 0 Å². The van der Waals surface area contributed by atoms with E-state index in [0.717, 1.165) is 0 Å². The van der Waals surface area contributed by atoms with Gasteiger partial charge in [0.1, 0.15) is 11.5 Å². The first kappa shape index (κ1) is 17.8. The van der Waals surface area contributed by atoms with E-state index >= 15 is 0 Å². The van der Waals surface area contributed by atoms with E-state index in [2.05, 4.69) is 14.7 Å². The molecule has 0 aliphatic rings. The van der Waals surface area contributed by atoms with Crippen LogP contribution in [0.15, 0.2) is 64.3 Å². The Hall–Kier alpha value is -3.04. The Bertz CT molecular complexity index is 1040. The van der Waals surface area contributed by atoms with Crippen LogP contribution in [0, 0.1) is 0 Å². The van der Waals surface area contributed by atoms with Crippen molar-refractivity contribution < 1.29 is 18.3 Å². The van der Waals surface area contributed by atoms with Gasteiger partial charge >= 0.3 is 5.69 Å². The number of para-hydroxylation sites is 1. The number of H-pyrrole nitrogens is 2. The molecular formula is C17H17N3O5S. The molecule has 3 aromatic rings. The fourth-order valence-electron chi connectivity index (χ4n) is 2.37. The summed E-state index contributed by atoms with van der Waals surface area (Å²) in [5, 5.41) is 9.61. The van der Waals surface area contributed by atoms with Crippen molar-refractivity contribution in [3.8, 4) is 17.4 Å². The van der Waals surface area contributed by atoms with E-state index in [-0.39, 0.29) is 10.6 Å². The molecule has 0 unspecified atom stereocenters. The van der Waals surface area contributed by atoms with Gasteiger partial charge in [0.2, 0.25) is 15.9 Å². The van der Waals surface area contributed by atoms with Gasteiger partial charge < -0.3 is 14.8 Å². The molecular weight excluding hydrogens is 358 g/mol. The van der Waals surface area contributed by atoms with Crippen molar-refractivity contribution in [2.24, 2.45) is 0 Å². The number of hydrogen-bond acceptors (Lipinski definition) is 5. The maximum Gasteiger partial charge on any atom is 0.326 e. The van der Waals surface area contributed by atoms with Crippen molar-refractivity contribution >= 4 is 10.0 Å². The number of benzene rings is 2. The number of aromatic nitrogens is 2. The molecule has 0 fully saturated rings. The number of nitrogens with one attached hydrogen (secondary N) is 3. The van der Waals surface area contributed by atoms with Crippen molar-refractivity contribution in [3.05, 3.63) is 70.8 Å². The minimum absolute atomic E-state index is 0.0298. The van der Waals surface area contributed by atoms with Gasteiger partial charge in [-0.15, -0.1) is 0 Å². The molecule has 136 valence electrons. The van der Waals surface area contributed by atoms with Crippen molar-refractivity contribution in [2.45, 2.75) is 17.9 Å². The first-order chi connectivity index (χ1) is 12.3. The second kappa shape index (κ2) is 7.06.